The van der Waals surface area contributed by atoms with E-state index in [0.29, 0.717) is 6.61 Å². The number of rotatable bonds is 7. The van der Waals surface area contributed by atoms with E-state index in [9.17, 15) is 0 Å². The Labute approximate surface area is 154 Å². The number of fused-ring (bicyclic) bond motifs is 1. The van der Waals surface area contributed by atoms with E-state index in [4.69, 9.17) is 21.3 Å². The summed E-state index contributed by atoms with van der Waals surface area (Å²) in [5.41, 5.74) is 4.44. The maximum Gasteiger partial charge on any atom is 0.119 e. The number of para-hydroxylation sites is 2. The van der Waals surface area contributed by atoms with Crippen LogP contribution in [-0.2, 0) is 13.0 Å². The molecule has 3 rings (SSSR count). The van der Waals surface area contributed by atoms with Crippen molar-refractivity contribution in [3.05, 3.63) is 58.4 Å². The fourth-order valence-electron chi connectivity index (χ4n) is 3.20. The van der Waals surface area contributed by atoms with Crippen molar-refractivity contribution in [3.63, 3.8) is 0 Å². The van der Waals surface area contributed by atoms with Crippen LogP contribution in [0, 0.1) is 13.8 Å². The lowest BCUT2D eigenvalue weighted by Gasteiger charge is -2.11. The number of hydrogen-bond donors (Lipinski definition) is 0. The highest BCUT2D eigenvalue weighted by Gasteiger charge is 2.08. The maximum absolute atomic E-state index is 6.20. The summed E-state index contributed by atoms with van der Waals surface area (Å²) >= 11 is 6.20. The lowest BCUT2D eigenvalue weighted by molar-refractivity contribution is 0.303. The van der Waals surface area contributed by atoms with Crippen LogP contribution in [0.3, 0.4) is 0 Å². The van der Waals surface area contributed by atoms with E-state index >= 15 is 0 Å². The summed E-state index contributed by atoms with van der Waals surface area (Å²) in [6.07, 6.45) is 3.03. The van der Waals surface area contributed by atoms with Crippen LogP contribution >= 0.6 is 11.6 Å². The van der Waals surface area contributed by atoms with E-state index in [1.54, 1.807) is 0 Å². The van der Waals surface area contributed by atoms with Gasteiger partial charge in [-0.1, -0.05) is 30.7 Å². The molecule has 25 heavy (non-hydrogen) atoms. The normalized spacial score (nSPS) is 11.2. The Bertz CT molecular complexity index is 846. The zero-order valence-electron chi connectivity index (χ0n) is 15.2. The van der Waals surface area contributed by atoms with Crippen LogP contribution in [0.5, 0.6) is 5.75 Å². The van der Waals surface area contributed by atoms with Crippen molar-refractivity contribution in [3.8, 4) is 5.75 Å². The molecule has 0 saturated carbocycles. The number of halogens is 1. The molecule has 0 bridgehead atoms. The van der Waals surface area contributed by atoms with Gasteiger partial charge in [0.25, 0.3) is 0 Å². The van der Waals surface area contributed by atoms with Crippen molar-refractivity contribution < 1.29 is 4.74 Å². The van der Waals surface area contributed by atoms with Crippen LogP contribution in [0.2, 0.25) is 5.02 Å². The van der Waals surface area contributed by atoms with Gasteiger partial charge in [0.15, 0.2) is 0 Å². The molecule has 0 atom stereocenters. The molecule has 3 nitrogen and oxygen atoms in total. The van der Waals surface area contributed by atoms with Crippen molar-refractivity contribution in [2.45, 2.75) is 46.6 Å². The fraction of sp³-hybridized carbons (Fsp3) is 0.381. The molecule has 0 unspecified atom stereocenters. The van der Waals surface area contributed by atoms with E-state index in [1.807, 2.05) is 32.0 Å². The van der Waals surface area contributed by atoms with Gasteiger partial charge in [-0.25, -0.2) is 4.98 Å². The third-order valence-corrected chi connectivity index (χ3v) is 5.10. The van der Waals surface area contributed by atoms with Gasteiger partial charge in [0.05, 0.1) is 17.6 Å². The summed E-state index contributed by atoms with van der Waals surface area (Å²) in [5, 5.41) is 0.825. The highest BCUT2D eigenvalue weighted by molar-refractivity contribution is 6.32. The minimum Gasteiger partial charge on any atom is -0.494 e. The molecule has 1 aromatic heterocycles. The van der Waals surface area contributed by atoms with E-state index in [1.165, 1.54) is 5.52 Å². The van der Waals surface area contributed by atoms with Crippen LogP contribution in [-0.4, -0.2) is 16.2 Å². The van der Waals surface area contributed by atoms with E-state index < -0.39 is 0 Å². The molecule has 4 heteroatoms. The maximum atomic E-state index is 6.20. The third kappa shape index (κ3) is 3.98. The highest BCUT2D eigenvalue weighted by atomic mass is 35.5. The first-order chi connectivity index (χ1) is 12.1. The predicted molar refractivity (Wildman–Crippen MR) is 105 cm³/mol. The lowest BCUT2D eigenvalue weighted by atomic mass is 10.1. The highest BCUT2D eigenvalue weighted by Crippen LogP contribution is 2.26. The Hall–Kier alpha value is -2.00. The third-order valence-electron chi connectivity index (χ3n) is 4.50. The first kappa shape index (κ1) is 17.8. The first-order valence-electron chi connectivity index (χ1n) is 8.94. The molecule has 0 saturated heterocycles. The Balaban J connectivity index is 1.56. The number of aromatic nitrogens is 2. The smallest absolute Gasteiger partial charge is 0.119 e. The van der Waals surface area contributed by atoms with Crippen LogP contribution in [0.15, 0.2) is 36.4 Å². The van der Waals surface area contributed by atoms with Gasteiger partial charge in [-0.15, -0.1) is 0 Å². The molecule has 0 aliphatic rings. The van der Waals surface area contributed by atoms with Gasteiger partial charge < -0.3 is 9.30 Å². The van der Waals surface area contributed by atoms with Crippen LogP contribution < -0.4 is 4.74 Å². The Morgan fingerprint density at radius 1 is 1.08 bits per heavy atom. The summed E-state index contributed by atoms with van der Waals surface area (Å²) in [4.78, 5) is 4.72. The minimum atomic E-state index is 0.717. The van der Waals surface area contributed by atoms with E-state index in [0.717, 1.165) is 59.0 Å². The topological polar surface area (TPSA) is 27.1 Å². The number of ether oxygens (including phenoxy) is 1. The number of hydrogen-bond acceptors (Lipinski definition) is 2. The lowest BCUT2D eigenvalue weighted by Crippen LogP contribution is -2.05. The van der Waals surface area contributed by atoms with Crippen LogP contribution in [0.4, 0.5) is 0 Å². The molecule has 0 fully saturated rings. The van der Waals surface area contributed by atoms with Crippen molar-refractivity contribution in [2.24, 2.45) is 0 Å². The molecule has 0 spiro atoms. The van der Waals surface area contributed by atoms with Gasteiger partial charge in [-0.05, 0) is 62.1 Å². The standard InChI is InChI=1S/C21H25ClN2O/c1-4-20-23-18-9-5-6-10-19(18)24(20)11-7-8-12-25-17-13-15(2)21(22)16(3)14-17/h5-6,9-10,13-14H,4,7-8,11-12H2,1-3H3. The number of aryl methyl sites for hydroxylation is 4. The minimum absolute atomic E-state index is 0.717. The Morgan fingerprint density at radius 3 is 2.52 bits per heavy atom. The second-order valence-corrected chi connectivity index (χ2v) is 6.83. The van der Waals surface area contributed by atoms with Crippen molar-refractivity contribution in [1.82, 2.24) is 9.55 Å². The molecule has 0 amide bonds. The monoisotopic (exact) mass is 356 g/mol. The van der Waals surface area contributed by atoms with E-state index in [-0.39, 0.29) is 0 Å². The summed E-state index contributed by atoms with van der Waals surface area (Å²) in [6, 6.07) is 12.4. The van der Waals surface area contributed by atoms with Gasteiger partial charge in [-0.3, -0.25) is 0 Å². The molecule has 1 heterocycles. The van der Waals surface area contributed by atoms with Gasteiger partial charge in [0.2, 0.25) is 0 Å². The van der Waals surface area contributed by atoms with Crippen molar-refractivity contribution in [1.29, 1.82) is 0 Å². The summed E-state index contributed by atoms with van der Waals surface area (Å²) < 4.78 is 8.24. The number of nitrogens with zero attached hydrogens (tertiary/aromatic N) is 2. The molecular formula is C21H25ClN2O. The second kappa shape index (κ2) is 7.92. The Morgan fingerprint density at radius 2 is 1.80 bits per heavy atom. The predicted octanol–water partition coefficient (Wildman–Crippen LogP) is 5.73. The SMILES string of the molecule is CCc1nc2ccccc2n1CCCCOc1cc(C)c(Cl)c(C)c1. The van der Waals surface area contributed by atoms with Crippen molar-refractivity contribution in [2.75, 3.05) is 6.61 Å². The van der Waals surface area contributed by atoms with Crippen LogP contribution in [0.25, 0.3) is 11.0 Å². The number of benzene rings is 2. The molecule has 0 aliphatic heterocycles. The molecule has 3 aromatic rings. The molecule has 0 aliphatic carbocycles. The fourth-order valence-corrected chi connectivity index (χ4v) is 3.31. The largest absolute Gasteiger partial charge is 0.494 e. The molecular weight excluding hydrogens is 332 g/mol. The summed E-state index contributed by atoms with van der Waals surface area (Å²) in [7, 11) is 0. The molecule has 0 N–H and O–H groups in total. The zero-order valence-corrected chi connectivity index (χ0v) is 15.9. The average Bonchev–Trinajstić information content (AvgIpc) is 2.97. The van der Waals surface area contributed by atoms with Gasteiger partial charge in [0, 0.05) is 18.0 Å². The summed E-state index contributed by atoms with van der Waals surface area (Å²) in [5.74, 6) is 2.06. The Kier molecular flexibility index (Phi) is 5.64. The summed E-state index contributed by atoms with van der Waals surface area (Å²) in [6.45, 7) is 7.88. The van der Waals surface area contributed by atoms with Gasteiger partial charge >= 0.3 is 0 Å². The molecule has 132 valence electrons. The molecule has 2 aromatic carbocycles. The van der Waals surface area contributed by atoms with E-state index in [2.05, 4.69) is 29.7 Å². The number of imidazole rings is 1. The number of unbranched alkanes of at least 4 members (excludes halogenated alkanes) is 1. The quantitative estimate of drug-likeness (QED) is 0.505. The van der Waals surface area contributed by atoms with Gasteiger partial charge in [-0.2, -0.15) is 0 Å². The van der Waals surface area contributed by atoms with Crippen molar-refractivity contribution >= 4 is 22.6 Å². The first-order valence-corrected chi connectivity index (χ1v) is 9.31. The zero-order chi connectivity index (χ0) is 17.8. The second-order valence-electron chi connectivity index (χ2n) is 6.45. The average molecular weight is 357 g/mol. The van der Waals surface area contributed by atoms with Crippen LogP contribution in [0.1, 0.15) is 36.7 Å². The molecule has 0 radical (unpaired) electrons. The van der Waals surface area contributed by atoms with Gasteiger partial charge in [0.1, 0.15) is 11.6 Å².